The molecule has 0 saturated heterocycles. The van der Waals surface area contributed by atoms with Crippen LogP contribution in [0.25, 0.3) is 0 Å². The number of rotatable bonds is 3. The number of nitrogens with one attached hydrogen (secondary N) is 1. The Hall–Kier alpha value is -1.10. The third-order valence-corrected chi connectivity index (χ3v) is 3.00. The first-order valence-electron chi connectivity index (χ1n) is 4.74. The van der Waals surface area contributed by atoms with Crippen LogP contribution in [0.4, 0.5) is 0 Å². The molecule has 76 valence electrons. The molecule has 0 aliphatic carbocycles. The molecule has 1 aromatic heterocycles. The van der Waals surface area contributed by atoms with E-state index in [9.17, 15) is 0 Å². The molecule has 1 aromatic rings. The Kier molecular flexibility index (Phi) is 2.98. The SMILES string of the molecule is CN1CCN=C1NCCc1nccs1. The molecule has 1 aliphatic heterocycles. The van der Waals surface area contributed by atoms with E-state index in [1.807, 2.05) is 11.6 Å². The second-order valence-corrected chi connectivity index (χ2v) is 4.21. The van der Waals surface area contributed by atoms with E-state index in [0.717, 1.165) is 32.0 Å². The van der Waals surface area contributed by atoms with Crippen LogP contribution in [0, 0.1) is 0 Å². The molecule has 2 rings (SSSR count). The Morgan fingerprint density at radius 1 is 1.64 bits per heavy atom. The molecule has 1 aliphatic rings. The molecule has 0 fully saturated rings. The summed E-state index contributed by atoms with van der Waals surface area (Å²) in [6, 6.07) is 0. The number of hydrogen-bond donors (Lipinski definition) is 1. The molecule has 0 amide bonds. The van der Waals surface area contributed by atoms with Crippen LogP contribution < -0.4 is 5.32 Å². The van der Waals surface area contributed by atoms with Gasteiger partial charge in [-0.3, -0.25) is 4.99 Å². The van der Waals surface area contributed by atoms with Gasteiger partial charge in [-0.25, -0.2) is 4.98 Å². The van der Waals surface area contributed by atoms with Gasteiger partial charge in [0.15, 0.2) is 5.96 Å². The molecular weight excluding hydrogens is 196 g/mol. The topological polar surface area (TPSA) is 40.5 Å². The van der Waals surface area contributed by atoms with Crippen LogP contribution in [0.1, 0.15) is 5.01 Å². The minimum atomic E-state index is 0.913. The molecule has 0 saturated carbocycles. The largest absolute Gasteiger partial charge is 0.356 e. The first-order chi connectivity index (χ1) is 6.86. The van der Waals surface area contributed by atoms with Gasteiger partial charge in [0.05, 0.1) is 11.6 Å². The van der Waals surface area contributed by atoms with Gasteiger partial charge in [0, 0.05) is 38.1 Å². The van der Waals surface area contributed by atoms with Crippen molar-refractivity contribution in [3.8, 4) is 0 Å². The van der Waals surface area contributed by atoms with E-state index in [1.165, 1.54) is 5.01 Å². The van der Waals surface area contributed by atoms with Gasteiger partial charge in [0.25, 0.3) is 0 Å². The molecule has 14 heavy (non-hydrogen) atoms. The van der Waals surface area contributed by atoms with Crippen molar-refractivity contribution in [3.63, 3.8) is 0 Å². The number of aliphatic imine (C=N–C) groups is 1. The Bertz CT molecular complexity index is 307. The lowest BCUT2D eigenvalue weighted by molar-refractivity contribution is 0.534. The quantitative estimate of drug-likeness (QED) is 0.793. The van der Waals surface area contributed by atoms with Gasteiger partial charge in [0.2, 0.25) is 0 Å². The highest BCUT2D eigenvalue weighted by Crippen LogP contribution is 2.03. The number of thiazole rings is 1. The standard InChI is InChI=1S/C9H14N4S/c1-13-6-4-12-9(13)11-3-2-8-10-5-7-14-8/h5,7H,2-4,6H2,1H3,(H,11,12). The van der Waals surface area contributed by atoms with Gasteiger partial charge in [-0.15, -0.1) is 11.3 Å². The van der Waals surface area contributed by atoms with E-state index in [4.69, 9.17) is 0 Å². The molecule has 0 unspecified atom stereocenters. The molecule has 2 heterocycles. The maximum absolute atomic E-state index is 4.35. The van der Waals surface area contributed by atoms with Gasteiger partial charge >= 0.3 is 0 Å². The molecule has 0 aromatic carbocycles. The van der Waals surface area contributed by atoms with E-state index < -0.39 is 0 Å². The zero-order valence-electron chi connectivity index (χ0n) is 8.23. The summed E-state index contributed by atoms with van der Waals surface area (Å²) in [5.41, 5.74) is 0. The highest BCUT2D eigenvalue weighted by Gasteiger charge is 2.10. The number of hydrogen-bond acceptors (Lipinski definition) is 5. The predicted molar refractivity (Wildman–Crippen MR) is 58.8 cm³/mol. The summed E-state index contributed by atoms with van der Waals surface area (Å²) in [7, 11) is 2.06. The number of guanidine groups is 1. The Morgan fingerprint density at radius 3 is 3.21 bits per heavy atom. The lowest BCUT2D eigenvalue weighted by Gasteiger charge is -2.14. The third-order valence-electron chi connectivity index (χ3n) is 2.16. The fourth-order valence-corrected chi connectivity index (χ4v) is 2.00. The second kappa shape index (κ2) is 4.41. The van der Waals surface area contributed by atoms with Gasteiger partial charge < -0.3 is 10.2 Å². The van der Waals surface area contributed by atoms with Crippen molar-refractivity contribution in [3.05, 3.63) is 16.6 Å². The van der Waals surface area contributed by atoms with Crippen LogP contribution in [-0.4, -0.2) is 42.5 Å². The average molecular weight is 210 g/mol. The van der Waals surface area contributed by atoms with Crippen molar-refractivity contribution < 1.29 is 0 Å². The Morgan fingerprint density at radius 2 is 2.57 bits per heavy atom. The maximum Gasteiger partial charge on any atom is 0.193 e. The molecule has 4 nitrogen and oxygen atoms in total. The third kappa shape index (κ3) is 2.23. The minimum Gasteiger partial charge on any atom is -0.356 e. The fraction of sp³-hybridized carbons (Fsp3) is 0.556. The van der Waals surface area contributed by atoms with Gasteiger partial charge in [-0.1, -0.05) is 0 Å². The summed E-state index contributed by atoms with van der Waals surface area (Å²) in [4.78, 5) is 10.7. The van der Waals surface area contributed by atoms with Gasteiger partial charge in [0.1, 0.15) is 0 Å². The van der Waals surface area contributed by atoms with Crippen molar-refractivity contribution in [1.29, 1.82) is 0 Å². The lowest BCUT2D eigenvalue weighted by Crippen LogP contribution is -2.36. The zero-order valence-corrected chi connectivity index (χ0v) is 9.05. The number of aromatic nitrogens is 1. The summed E-state index contributed by atoms with van der Waals surface area (Å²) in [6.45, 7) is 2.85. The first-order valence-corrected chi connectivity index (χ1v) is 5.62. The second-order valence-electron chi connectivity index (χ2n) is 3.23. The molecular formula is C9H14N4S. The molecule has 0 radical (unpaired) electrons. The van der Waals surface area contributed by atoms with E-state index in [2.05, 4.69) is 27.2 Å². The summed E-state index contributed by atoms with van der Waals surface area (Å²) in [5, 5.41) is 6.50. The average Bonchev–Trinajstić information content (AvgIpc) is 2.78. The summed E-state index contributed by atoms with van der Waals surface area (Å²) < 4.78 is 0. The highest BCUT2D eigenvalue weighted by molar-refractivity contribution is 7.09. The van der Waals surface area contributed by atoms with Crippen molar-refractivity contribution in [2.45, 2.75) is 6.42 Å². The first kappa shape index (κ1) is 9.45. The van der Waals surface area contributed by atoms with E-state index in [0.29, 0.717) is 0 Å². The monoisotopic (exact) mass is 210 g/mol. The van der Waals surface area contributed by atoms with Crippen LogP contribution in [0.2, 0.25) is 0 Å². The number of likely N-dealkylation sites (N-methyl/N-ethyl adjacent to an activating group) is 1. The normalized spacial score (nSPS) is 15.8. The zero-order chi connectivity index (χ0) is 9.80. The molecule has 1 N–H and O–H groups in total. The van der Waals surface area contributed by atoms with Crippen molar-refractivity contribution in [2.75, 3.05) is 26.7 Å². The summed E-state index contributed by atoms with van der Waals surface area (Å²) >= 11 is 1.70. The Balaban J connectivity index is 1.73. The van der Waals surface area contributed by atoms with Crippen LogP contribution in [-0.2, 0) is 6.42 Å². The van der Waals surface area contributed by atoms with Gasteiger partial charge in [-0.05, 0) is 0 Å². The van der Waals surface area contributed by atoms with Crippen LogP contribution >= 0.6 is 11.3 Å². The Labute approximate surface area is 87.7 Å². The fourth-order valence-electron chi connectivity index (χ4n) is 1.38. The van der Waals surface area contributed by atoms with Crippen molar-refractivity contribution in [2.24, 2.45) is 4.99 Å². The molecule has 5 heteroatoms. The summed E-state index contributed by atoms with van der Waals surface area (Å²) in [5.74, 6) is 1.02. The smallest absolute Gasteiger partial charge is 0.193 e. The van der Waals surface area contributed by atoms with Crippen LogP contribution in [0.5, 0.6) is 0 Å². The number of nitrogens with zero attached hydrogens (tertiary/aromatic N) is 3. The minimum absolute atomic E-state index is 0.913. The molecule has 0 atom stereocenters. The highest BCUT2D eigenvalue weighted by atomic mass is 32.1. The van der Waals surface area contributed by atoms with Crippen molar-refractivity contribution >= 4 is 17.3 Å². The van der Waals surface area contributed by atoms with Crippen LogP contribution in [0.15, 0.2) is 16.6 Å². The predicted octanol–water partition coefficient (Wildman–Crippen LogP) is 0.577. The van der Waals surface area contributed by atoms with E-state index in [1.54, 1.807) is 11.3 Å². The summed E-state index contributed by atoms with van der Waals surface area (Å²) in [6.07, 6.45) is 2.82. The van der Waals surface area contributed by atoms with E-state index in [-0.39, 0.29) is 0 Å². The lowest BCUT2D eigenvalue weighted by atomic mass is 10.4. The molecule has 0 bridgehead atoms. The molecule has 0 spiro atoms. The van der Waals surface area contributed by atoms with Crippen molar-refractivity contribution in [1.82, 2.24) is 15.2 Å². The van der Waals surface area contributed by atoms with E-state index >= 15 is 0 Å². The van der Waals surface area contributed by atoms with Crippen LogP contribution in [0.3, 0.4) is 0 Å². The van der Waals surface area contributed by atoms with Gasteiger partial charge in [-0.2, -0.15) is 0 Å². The maximum atomic E-state index is 4.35.